The topological polar surface area (TPSA) is 48.5 Å². The molecule has 56 heavy (non-hydrogen) atoms. The molecule has 262 valence electrons. The zero-order valence-corrected chi connectivity index (χ0v) is 30.3. The highest BCUT2D eigenvalue weighted by atomic mass is 15.1. The number of aromatic nitrogens is 5. The number of benzene rings is 8. The Morgan fingerprint density at radius 1 is 0.286 bits per heavy atom. The SMILES string of the molecule is c1ccc(-c2nc(-c3ccccc3)nc(-c3cc(-c4cccc(-n5c6ccccc6c6ccccc65)c4)ccc3-n3c4ccccc4c4ccccc43)n2)cc1. The molecule has 11 aromatic rings. The van der Waals surface area contributed by atoms with Crippen molar-refractivity contribution in [3.63, 3.8) is 0 Å². The molecule has 11 rings (SSSR count). The summed E-state index contributed by atoms with van der Waals surface area (Å²) in [7, 11) is 0. The smallest absolute Gasteiger partial charge is 0.166 e. The third-order valence-electron chi connectivity index (χ3n) is 10.8. The van der Waals surface area contributed by atoms with Gasteiger partial charge in [-0.1, -0.05) is 152 Å². The molecule has 5 nitrogen and oxygen atoms in total. The van der Waals surface area contributed by atoms with Crippen LogP contribution in [0.4, 0.5) is 0 Å². The zero-order valence-electron chi connectivity index (χ0n) is 30.3. The Balaban J connectivity index is 1.18. The van der Waals surface area contributed by atoms with Gasteiger partial charge in [-0.2, -0.15) is 0 Å². The lowest BCUT2D eigenvalue weighted by Crippen LogP contribution is -2.04. The standard InChI is InChI=1S/C51H33N5/c1-3-16-34(17-4-1)49-52-50(35-18-5-2-6-19-35)54-51(53-49)43-33-37(30-31-48(43)56-46-28-13-9-24-41(46)42-25-10-14-29-47(42)56)36-20-15-21-38(32-36)55-44-26-11-7-22-39(44)40-23-8-12-27-45(40)55/h1-33H. The van der Waals surface area contributed by atoms with Crippen LogP contribution < -0.4 is 0 Å². The summed E-state index contributed by atoms with van der Waals surface area (Å²) in [5, 5.41) is 4.87. The van der Waals surface area contributed by atoms with Crippen LogP contribution in [0.1, 0.15) is 0 Å². The van der Waals surface area contributed by atoms with Gasteiger partial charge in [0, 0.05) is 43.9 Å². The van der Waals surface area contributed by atoms with E-state index in [1.54, 1.807) is 0 Å². The summed E-state index contributed by atoms with van der Waals surface area (Å²) in [5.41, 5.74) is 11.6. The highest BCUT2D eigenvalue weighted by Gasteiger charge is 2.21. The van der Waals surface area contributed by atoms with Crippen molar-refractivity contribution in [1.82, 2.24) is 24.1 Å². The highest BCUT2D eigenvalue weighted by Crippen LogP contribution is 2.39. The maximum Gasteiger partial charge on any atom is 0.166 e. The van der Waals surface area contributed by atoms with Crippen LogP contribution in [0.3, 0.4) is 0 Å². The summed E-state index contributed by atoms with van der Waals surface area (Å²) in [6.45, 7) is 0. The van der Waals surface area contributed by atoms with Gasteiger partial charge in [-0.3, -0.25) is 0 Å². The Labute approximate surface area is 323 Å². The van der Waals surface area contributed by atoms with E-state index in [4.69, 9.17) is 15.0 Å². The van der Waals surface area contributed by atoms with Gasteiger partial charge in [0.05, 0.1) is 27.8 Å². The fourth-order valence-electron chi connectivity index (χ4n) is 8.23. The zero-order chi connectivity index (χ0) is 37.0. The van der Waals surface area contributed by atoms with Gasteiger partial charge >= 0.3 is 0 Å². The minimum absolute atomic E-state index is 0.606. The molecule has 0 aliphatic heterocycles. The van der Waals surface area contributed by atoms with E-state index in [9.17, 15) is 0 Å². The third-order valence-corrected chi connectivity index (χ3v) is 10.8. The van der Waals surface area contributed by atoms with Crippen molar-refractivity contribution in [2.45, 2.75) is 0 Å². The van der Waals surface area contributed by atoms with Gasteiger partial charge in [-0.05, 0) is 59.7 Å². The Kier molecular flexibility index (Phi) is 7.42. The number of hydrogen-bond acceptors (Lipinski definition) is 3. The number of para-hydroxylation sites is 4. The van der Waals surface area contributed by atoms with Crippen LogP contribution in [0.5, 0.6) is 0 Å². The van der Waals surface area contributed by atoms with Crippen LogP contribution in [0.25, 0.3) is 100 Å². The van der Waals surface area contributed by atoms with E-state index in [-0.39, 0.29) is 0 Å². The molecule has 0 atom stereocenters. The fourth-order valence-corrected chi connectivity index (χ4v) is 8.23. The summed E-state index contributed by atoms with van der Waals surface area (Å²) in [4.78, 5) is 15.5. The van der Waals surface area contributed by atoms with Crippen LogP contribution in [0.2, 0.25) is 0 Å². The summed E-state index contributed by atoms with van der Waals surface area (Å²) in [6, 6.07) is 70.4. The quantitative estimate of drug-likeness (QED) is 0.172. The van der Waals surface area contributed by atoms with Crippen molar-refractivity contribution in [3.8, 4) is 56.7 Å². The normalized spacial score (nSPS) is 11.6. The van der Waals surface area contributed by atoms with Gasteiger partial charge in [-0.25, -0.2) is 15.0 Å². The van der Waals surface area contributed by atoms with E-state index in [1.165, 1.54) is 32.6 Å². The van der Waals surface area contributed by atoms with Crippen LogP contribution in [-0.2, 0) is 0 Å². The Bertz CT molecular complexity index is 3090. The molecule has 0 aliphatic carbocycles. The van der Waals surface area contributed by atoms with Crippen molar-refractivity contribution in [1.29, 1.82) is 0 Å². The number of rotatable bonds is 6. The van der Waals surface area contributed by atoms with Crippen LogP contribution >= 0.6 is 0 Å². The molecule has 3 heterocycles. The minimum Gasteiger partial charge on any atom is -0.309 e. The molecule has 0 N–H and O–H groups in total. The summed E-state index contributed by atoms with van der Waals surface area (Å²) >= 11 is 0. The maximum atomic E-state index is 5.25. The van der Waals surface area contributed by atoms with Gasteiger partial charge in [0.15, 0.2) is 17.5 Å². The monoisotopic (exact) mass is 715 g/mol. The van der Waals surface area contributed by atoms with Crippen molar-refractivity contribution in [2.75, 3.05) is 0 Å². The van der Waals surface area contributed by atoms with Crippen molar-refractivity contribution in [3.05, 3.63) is 200 Å². The first-order valence-electron chi connectivity index (χ1n) is 18.9. The fraction of sp³-hybridized carbons (Fsp3) is 0. The largest absolute Gasteiger partial charge is 0.309 e. The van der Waals surface area contributed by atoms with E-state index in [1.807, 2.05) is 36.4 Å². The van der Waals surface area contributed by atoms with E-state index in [0.717, 1.165) is 50.2 Å². The lowest BCUT2D eigenvalue weighted by molar-refractivity contribution is 1.06. The van der Waals surface area contributed by atoms with Gasteiger partial charge in [0.2, 0.25) is 0 Å². The average Bonchev–Trinajstić information content (AvgIpc) is 3.80. The summed E-state index contributed by atoms with van der Waals surface area (Å²) in [5.74, 6) is 1.86. The Morgan fingerprint density at radius 3 is 1.21 bits per heavy atom. The Morgan fingerprint density at radius 2 is 0.696 bits per heavy atom. The molecule has 8 aromatic carbocycles. The maximum absolute atomic E-state index is 5.25. The van der Waals surface area contributed by atoms with Crippen molar-refractivity contribution < 1.29 is 0 Å². The van der Waals surface area contributed by atoms with E-state index >= 15 is 0 Å². The lowest BCUT2D eigenvalue weighted by atomic mass is 10.00. The number of nitrogens with zero attached hydrogens (tertiary/aromatic N) is 5. The van der Waals surface area contributed by atoms with E-state index in [0.29, 0.717) is 17.5 Å². The molecule has 0 saturated heterocycles. The van der Waals surface area contributed by atoms with Crippen molar-refractivity contribution in [2.24, 2.45) is 0 Å². The molecule has 5 heteroatoms. The first-order chi connectivity index (χ1) is 27.8. The van der Waals surface area contributed by atoms with Gasteiger partial charge in [0.1, 0.15) is 0 Å². The molecule has 0 amide bonds. The van der Waals surface area contributed by atoms with Crippen LogP contribution in [0.15, 0.2) is 200 Å². The second-order valence-electron chi connectivity index (χ2n) is 14.1. The molecule has 0 spiro atoms. The predicted molar refractivity (Wildman–Crippen MR) is 230 cm³/mol. The first kappa shape index (κ1) is 31.9. The molecule has 0 fully saturated rings. The molecule has 0 saturated carbocycles. The molecule has 0 aliphatic rings. The molecule has 0 radical (unpaired) electrons. The van der Waals surface area contributed by atoms with Crippen molar-refractivity contribution >= 4 is 43.6 Å². The third kappa shape index (κ3) is 5.21. The second kappa shape index (κ2) is 13.0. The molecule has 0 unspecified atom stereocenters. The van der Waals surface area contributed by atoms with E-state index in [2.05, 4.69) is 173 Å². The van der Waals surface area contributed by atoms with Crippen LogP contribution in [0, 0.1) is 0 Å². The molecular formula is C51H33N5. The first-order valence-corrected chi connectivity index (χ1v) is 18.9. The second-order valence-corrected chi connectivity index (χ2v) is 14.1. The summed E-state index contributed by atoms with van der Waals surface area (Å²) in [6.07, 6.45) is 0. The Hall–Kier alpha value is -7.63. The van der Waals surface area contributed by atoms with Crippen LogP contribution in [-0.4, -0.2) is 24.1 Å². The lowest BCUT2D eigenvalue weighted by Gasteiger charge is -2.17. The summed E-state index contributed by atoms with van der Waals surface area (Å²) < 4.78 is 4.72. The minimum atomic E-state index is 0.606. The number of fused-ring (bicyclic) bond motifs is 6. The van der Waals surface area contributed by atoms with E-state index < -0.39 is 0 Å². The molecule has 3 aromatic heterocycles. The average molecular weight is 716 g/mol. The number of hydrogen-bond donors (Lipinski definition) is 0. The molecular weight excluding hydrogens is 683 g/mol. The van der Waals surface area contributed by atoms with Gasteiger partial charge in [0.25, 0.3) is 0 Å². The highest BCUT2D eigenvalue weighted by molar-refractivity contribution is 6.10. The van der Waals surface area contributed by atoms with Gasteiger partial charge < -0.3 is 9.13 Å². The van der Waals surface area contributed by atoms with Gasteiger partial charge in [-0.15, -0.1) is 0 Å². The molecule has 0 bridgehead atoms. The predicted octanol–water partition coefficient (Wildman–Crippen LogP) is 12.7.